The molecule has 17 heavy (non-hydrogen) atoms. The molecule has 8 heteroatoms. The van der Waals surface area contributed by atoms with Gasteiger partial charge in [-0.25, -0.2) is 8.42 Å². The minimum Gasteiger partial charge on any atom is -0.744 e. The zero-order chi connectivity index (χ0) is 12.6. The van der Waals surface area contributed by atoms with Crippen molar-refractivity contribution in [2.75, 3.05) is 6.61 Å². The number of epoxide rings is 1. The van der Waals surface area contributed by atoms with Crippen molar-refractivity contribution in [1.82, 2.24) is 0 Å². The molecule has 0 N–H and O–H groups in total. The normalized spacial score (nSPS) is 19.0. The molecule has 7 nitrogen and oxygen atoms in total. The molecule has 1 aliphatic rings. The Kier molecular flexibility index (Phi) is 2.86. The third-order valence-corrected chi connectivity index (χ3v) is 3.33. The topological polar surface area (TPSA) is 113 Å². The van der Waals surface area contributed by atoms with Crippen molar-refractivity contribution in [3.8, 4) is 0 Å². The van der Waals surface area contributed by atoms with Crippen LogP contribution in [0.25, 0.3) is 0 Å². The molecule has 92 valence electrons. The van der Waals surface area contributed by atoms with Crippen LogP contribution in [0.15, 0.2) is 23.1 Å². The molecule has 0 aromatic heterocycles. The summed E-state index contributed by atoms with van der Waals surface area (Å²) < 4.78 is 37.9. The Morgan fingerprint density at radius 3 is 2.59 bits per heavy atom. The lowest BCUT2D eigenvalue weighted by Crippen LogP contribution is -2.08. The first kappa shape index (κ1) is 12.0. The van der Waals surface area contributed by atoms with Gasteiger partial charge in [0.05, 0.1) is 22.5 Å². The van der Waals surface area contributed by atoms with E-state index in [-0.39, 0.29) is 23.8 Å². The van der Waals surface area contributed by atoms with E-state index in [0.29, 0.717) is 6.61 Å². The highest BCUT2D eigenvalue weighted by Gasteiger charge is 2.29. The van der Waals surface area contributed by atoms with E-state index in [9.17, 15) is 23.1 Å². The summed E-state index contributed by atoms with van der Waals surface area (Å²) in [4.78, 5) is 9.53. The quantitative estimate of drug-likeness (QED) is 0.335. The van der Waals surface area contributed by atoms with Crippen molar-refractivity contribution in [3.05, 3.63) is 33.9 Å². The molecule has 1 fully saturated rings. The number of nitro benzene ring substituents is 1. The number of rotatable bonds is 4. The molecule has 0 amide bonds. The number of nitrogens with zero attached hydrogens (tertiary/aromatic N) is 1. The molecule has 0 spiro atoms. The Bertz CT molecular complexity index is 563. The molecule has 0 bridgehead atoms. The van der Waals surface area contributed by atoms with Crippen LogP contribution in [0, 0.1) is 10.1 Å². The summed E-state index contributed by atoms with van der Waals surface area (Å²) in [5.41, 5.74) is -0.438. The van der Waals surface area contributed by atoms with Gasteiger partial charge in [-0.05, 0) is 6.07 Å². The zero-order valence-corrected chi connectivity index (χ0v) is 9.35. The summed E-state index contributed by atoms with van der Waals surface area (Å²) in [6.07, 6.45) is -0.176. The molecular formula is C9H8NO6S-. The van der Waals surface area contributed by atoms with Gasteiger partial charge in [0.15, 0.2) is 0 Å². The van der Waals surface area contributed by atoms with Crippen LogP contribution in [0.3, 0.4) is 0 Å². The Morgan fingerprint density at radius 2 is 2.12 bits per heavy atom. The number of hydrogen-bond acceptors (Lipinski definition) is 6. The van der Waals surface area contributed by atoms with Crippen LogP contribution in [0.5, 0.6) is 0 Å². The summed E-state index contributed by atoms with van der Waals surface area (Å²) in [6.45, 7) is 0.421. The predicted molar refractivity (Wildman–Crippen MR) is 54.5 cm³/mol. The van der Waals surface area contributed by atoms with Crippen LogP contribution in [0.4, 0.5) is 5.69 Å². The zero-order valence-electron chi connectivity index (χ0n) is 8.53. The fourth-order valence-electron chi connectivity index (χ4n) is 1.58. The maximum atomic E-state index is 11.0. The number of nitro groups is 1. The standard InChI is InChI=1S/C9H9NO6S/c11-10(12)8-2-1-3-9(17(13,14)15)7(8)4-6-5-16-6/h1-3,6H,4-5H2,(H,13,14,15)/p-1/t6-/m0/s1. The number of hydrogen-bond donors (Lipinski definition) is 0. The van der Waals surface area contributed by atoms with Gasteiger partial charge >= 0.3 is 0 Å². The SMILES string of the molecule is O=[N+]([O-])c1cccc(S(=O)(=O)[O-])c1C[C@H]1CO1. The lowest BCUT2D eigenvalue weighted by molar-refractivity contribution is -0.385. The van der Waals surface area contributed by atoms with Crippen LogP contribution >= 0.6 is 0 Å². The smallest absolute Gasteiger partial charge is 0.273 e. The van der Waals surface area contributed by atoms with Gasteiger partial charge in [0.1, 0.15) is 10.1 Å². The molecule has 1 atom stereocenters. The molecule has 1 aliphatic heterocycles. The maximum Gasteiger partial charge on any atom is 0.273 e. The summed E-state index contributed by atoms with van der Waals surface area (Å²) in [5, 5.41) is 10.8. The average Bonchev–Trinajstić information content (AvgIpc) is 3.00. The van der Waals surface area contributed by atoms with Gasteiger partial charge in [-0.2, -0.15) is 0 Å². The Labute approximate surface area is 96.9 Å². The van der Waals surface area contributed by atoms with Crippen LogP contribution in [-0.2, 0) is 21.3 Å². The first-order chi connectivity index (χ1) is 7.89. The van der Waals surface area contributed by atoms with Crippen molar-refractivity contribution >= 4 is 15.8 Å². The van der Waals surface area contributed by atoms with Crippen molar-refractivity contribution in [2.45, 2.75) is 17.4 Å². The molecule has 1 aromatic carbocycles. The van der Waals surface area contributed by atoms with Crippen molar-refractivity contribution in [3.63, 3.8) is 0 Å². The van der Waals surface area contributed by atoms with E-state index in [1.165, 1.54) is 12.1 Å². The highest BCUT2D eigenvalue weighted by Crippen LogP contribution is 2.29. The monoisotopic (exact) mass is 258 g/mol. The molecule has 0 radical (unpaired) electrons. The molecule has 1 heterocycles. The van der Waals surface area contributed by atoms with Gasteiger partial charge in [-0.3, -0.25) is 10.1 Å². The third-order valence-electron chi connectivity index (χ3n) is 2.41. The molecule has 1 aromatic rings. The molecule has 2 rings (SSSR count). The van der Waals surface area contributed by atoms with Crippen LogP contribution in [-0.4, -0.2) is 30.6 Å². The van der Waals surface area contributed by atoms with Crippen LogP contribution in [0.1, 0.15) is 5.56 Å². The van der Waals surface area contributed by atoms with Gasteiger partial charge in [-0.15, -0.1) is 0 Å². The van der Waals surface area contributed by atoms with E-state index in [4.69, 9.17) is 4.74 Å². The van der Waals surface area contributed by atoms with Gasteiger partial charge in [0, 0.05) is 18.1 Å². The van der Waals surface area contributed by atoms with Crippen LogP contribution in [0.2, 0.25) is 0 Å². The lowest BCUT2D eigenvalue weighted by Gasteiger charge is -2.12. The second-order valence-corrected chi connectivity index (χ2v) is 4.97. The number of ether oxygens (including phenoxy) is 1. The van der Waals surface area contributed by atoms with Crippen LogP contribution < -0.4 is 0 Å². The first-order valence-corrected chi connectivity index (χ1v) is 6.14. The van der Waals surface area contributed by atoms with E-state index in [1.807, 2.05) is 0 Å². The summed E-state index contributed by atoms with van der Waals surface area (Å²) in [5.74, 6) is 0. The van der Waals surface area contributed by atoms with E-state index in [2.05, 4.69) is 0 Å². The minimum atomic E-state index is -4.72. The third kappa shape index (κ3) is 2.60. The Morgan fingerprint density at radius 1 is 1.47 bits per heavy atom. The van der Waals surface area contributed by atoms with Gasteiger partial charge in [0.25, 0.3) is 5.69 Å². The molecule has 0 aliphatic carbocycles. The van der Waals surface area contributed by atoms with E-state index in [1.54, 1.807) is 0 Å². The summed E-state index contributed by atoms with van der Waals surface area (Å²) in [7, 11) is -4.72. The van der Waals surface area contributed by atoms with E-state index in [0.717, 1.165) is 6.07 Å². The molecular weight excluding hydrogens is 250 g/mol. The summed E-state index contributed by atoms with van der Waals surface area (Å²) >= 11 is 0. The molecule has 1 saturated heterocycles. The highest BCUT2D eigenvalue weighted by atomic mass is 32.2. The van der Waals surface area contributed by atoms with E-state index < -0.39 is 19.9 Å². The Balaban J connectivity index is 2.57. The molecule has 0 saturated carbocycles. The second-order valence-electron chi connectivity index (χ2n) is 3.62. The van der Waals surface area contributed by atoms with Crippen molar-refractivity contribution in [2.24, 2.45) is 0 Å². The van der Waals surface area contributed by atoms with Gasteiger partial charge < -0.3 is 9.29 Å². The lowest BCUT2D eigenvalue weighted by atomic mass is 10.1. The maximum absolute atomic E-state index is 11.0. The van der Waals surface area contributed by atoms with Crippen molar-refractivity contribution in [1.29, 1.82) is 0 Å². The fourth-order valence-corrected chi connectivity index (χ4v) is 2.31. The van der Waals surface area contributed by atoms with Gasteiger partial charge in [0.2, 0.25) is 0 Å². The van der Waals surface area contributed by atoms with Crippen molar-refractivity contribution < 1.29 is 22.6 Å². The second kappa shape index (κ2) is 4.06. The van der Waals surface area contributed by atoms with Gasteiger partial charge in [-0.1, -0.05) is 6.07 Å². The Hall–Kier alpha value is -1.51. The minimum absolute atomic E-state index is 0.0634. The van der Waals surface area contributed by atoms with E-state index >= 15 is 0 Å². The largest absolute Gasteiger partial charge is 0.744 e. The molecule has 0 unspecified atom stereocenters. The predicted octanol–water partition coefficient (Wildman–Crippen LogP) is 0.440. The highest BCUT2D eigenvalue weighted by molar-refractivity contribution is 7.85. The first-order valence-electron chi connectivity index (χ1n) is 4.73. The summed E-state index contributed by atoms with van der Waals surface area (Å²) in [6, 6.07) is 3.43. The fraction of sp³-hybridized carbons (Fsp3) is 0.333. The number of benzene rings is 1. The average molecular weight is 258 g/mol.